The molecule has 6 heteroatoms. The summed E-state index contributed by atoms with van der Waals surface area (Å²) < 4.78 is 50.0. The molecule has 0 bridgehead atoms. The predicted molar refractivity (Wildman–Crippen MR) is 55.9 cm³/mol. The molecule has 0 aliphatic carbocycles. The number of hydrogen-bond donors (Lipinski definition) is 1. The van der Waals surface area contributed by atoms with Gasteiger partial charge >= 0.3 is 6.18 Å². The van der Waals surface area contributed by atoms with Crippen molar-refractivity contribution in [1.82, 2.24) is 10.3 Å². The maximum absolute atomic E-state index is 12.9. The van der Waals surface area contributed by atoms with Crippen LogP contribution in [0.2, 0.25) is 0 Å². The summed E-state index contributed by atoms with van der Waals surface area (Å²) in [5.41, 5.74) is 0.218. The fourth-order valence-corrected chi connectivity index (χ4v) is 1.48. The third-order valence-corrected chi connectivity index (χ3v) is 2.20. The highest BCUT2D eigenvalue weighted by Gasteiger charge is 2.32. The Bertz CT molecular complexity index is 352. The number of halogens is 4. The van der Waals surface area contributed by atoms with Crippen LogP contribution in [0.1, 0.15) is 31.4 Å². The van der Waals surface area contributed by atoms with Crippen LogP contribution in [0.5, 0.6) is 0 Å². The molecule has 1 aromatic rings. The number of alkyl halides is 3. The summed E-state index contributed by atoms with van der Waals surface area (Å²) in [6.07, 6.45) is -2.40. The molecule has 1 unspecified atom stereocenters. The summed E-state index contributed by atoms with van der Waals surface area (Å²) in [5.74, 6) is -0.632. The summed E-state index contributed by atoms with van der Waals surface area (Å²) in [6.45, 7) is 2.29. The lowest BCUT2D eigenvalue weighted by atomic mass is 10.1. The Morgan fingerprint density at radius 2 is 2.06 bits per heavy atom. The molecule has 2 nitrogen and oxygen atoms in total. The molecule has 0 aromatic carbocycles. The molecular weight excluding hydrogens is 236 g/mol. The van der Waals surface area contributed by atoms with Crippen LogP contribution in [-0.4, -0.2) is 17.7 Å². The second-order valence-corrected chi connectivity index (χ2v) is 3.76. The Hall–Kier alpha value is -1.17. The van der Waals surface area contributed by atoms with Gasteiger partial charge in [-0.05, 0) is 24.6 Å². The third-order valence-electron chi connectivity index (χ3n) is 2.20. The van der Waals surface area contributed by atoms with Crippen LogP contribution in [0, 0.1) is 5.82 Å². The lowest BCUT2D eigenvalue weighted by Gasteiger charge is -2.20. The predicted octanol–water partition coefficient (Wildman–Crippen LogP) is 3.21. The molecule has 1 atom stereocenters. The zero-order valence-electron chi connectivity index (χ0n) is 9.39. The van der Waals surface area contributed by atoms with E-state index in [9.17, 15) is 17.6 Å². The van der Waals surface area contributed by atoms with Gasteiger partial charge in [0.05, 0.1) is 12.6 Å². The average molecular weight is 250 g/mol. The molecule has 0 aliphatic heterocycles. The van der Waals surface area contributed by atoms with E-state index in [1.165, 1.54) is 6.20 Å². The van der Waals surface area contributed by atoms with Crippen LogP contribution in [0.15, 0.2) is 18.5 Å². The Kier molecular flexibility index (Phi) is 4.86. The summed E-state index contributed by atoms with van der Waals surface area (Å²) in [7, 11) is 0. The Balaban J connectivity index is 2.81. The van der Waals surface area contributed by atoms with Gasteiger partial charge in [0.2, 0.25) is 0 Å². The minimum absolute atomic E-state index is 0.218. The van der Waals surface area contributed by atoms with Crippen LogP contribution >= 0.6 is 0 Å². The minimum atomic E-state index is -4.29. The zero-order valence-corrected chi connectivity index (χ0v) is 9.39. The van der Waals surface area contributed by atoms with E-state index in [0.717, 1.165) is 12.3 Å². The Morgan fingerprint density at radius 1 is 1.35 bits per heavy atom. The van der Waals surface area contributed by atoms with Crippen molar-refractivity contribution in [2.75, 3.05) is 6.54 Å². The molecule has 0 amide bonds. The molecular formula is C11H14F4N2. The van der Waals surface area contributed by atoms with E-state index in [4.69, 9.17) is 0 Å². The van der Waals surface area contributed by atoms with E-state index in [1.54, 1.807) is 0 Å². The largest absolute Gasteiger partial charge is 0.390 e. The van der Waals surface area contributed by atoms with Crippen molar-refractivity contribution in [3.05, 3.63) is 29.8 Å². The van der Waals surface area contributed by atoms with E-state index < -0.39 is 24.5 Å². The first-order valence-electron chi connectivity index (χ1n) is 5.33. The molecule has 1 heterocycles. The average Bonchev–Trinajstić information content (AvgIpc) is 2.22. The normalized spacial score (nSPS) is 13.7. The van der Waals surface area contributed by atoms with E-state index in [2.05, 4.69) is 10.3 Å². The number of hydrogen-bond acceptors (Lipinski definition) is 2. The topological polar surface area (TPSA) is 24.9 Å². The zero-order chi connectivity index (χ0) is 12.9. The van der Waals surface area contributed by atoms with Crippen LogP contribution < -0.4 is 5.32 Å². The fourth-order valence-electron chi connectivity index (χ4n) is 1.48. The van der Waals surface area contributed by atoms with Crippen molar-refractivity contribution in [2.24, 2.45) is 0 Å². The molecule has 17 heavy (non-hydrogen) atoms. The first kappa shape index (κ1) is 13.9. The summed E-state index contributed by atoms with van der Waals surface area (Å²) >= 11 is 0. The van der Waals surface area contributed by atoms with Crippen molar-refractivity contribution in [3.63, 3.8) is 0 Å². The van der Waals surface area contributed by atoms with Gasteiger partial charge in [-0.1, -0.05) is 6.92 Å². The van der Waals surface area contributed by atoms with Gasteiger partial charge in [-0.2, -0.15) is 13.2 Å². The molecule has 0 saturated carbocycles. The van der Waals surface area contributed by atoms with Gasteiger partial charge in [0.15, 0.2) is 0 Å². The van der Waals surface area contributed by atoms with Crippen molar-refractivity contribution in [2.45, 2.75) is 32.0 Å². The van der Waals surface area contributed by atoms with Crippen LogP contribution in [0.25, 0.3) is 0 Å². The summed E-state index contributed by atoms with van der Waals surface area (Å²) in [6, 6.07) is 0.129. The third kappa shape index (κ3) is 5.12. The molecule has 96 valence electrons. The van der Waals surface area contributed by atoms with Gasteiger partial charge in [-0.3, -0.25) is 4.98 Å². The summed E-state index contributed by atoms with van der Waals surface area (Å²) in [4.78, 5) is 3.56. The quantitative estimate of drug-likeness (QED) is 0.812. The first-order valence-corrected chi connectivity index (χ1v) is 5.33. The number of aromatic nitrogens is 1. The first-order chi connectivity index (χ1) is 7.92. The van der Waals surface area contributed by atoms with Crippen molar-refractivity contribution in [3.8, 4) is 0 Å². The maximum atomic E-state index is 12.9. The molecule has 1 aromatic heterocycles. The van der Waals surface area contributed by atoms with Gasteiger partial charge in [-0.25, -0.2) is 4.39 Å². The lowest BCUT2D eigenvalue weighted by Crippen LogP contribution is -2.27. The van der Waals surface area contributed by atoms with Gasteiger partial charge in [0, 0.05) is 12.2 Å². The second-order valence-electron chi connectivity index (χ2n) is 3.76. The number of nitrogens with zero attached hydrogens (tertiary/aromatic N) is 1. The maximum Gasteiger partial charge on any atom is 0.390 e. The highest BCUT2D eigenvalue weighted by atomic mass is 19.4. The van der Waals surface area contributed by atoms with Gasteiger partial charge < -0.3 is 5.32 Å². The molecule has 0 radical (unpaired) electrons. The Labute approximate surface area is 97.1 Å². The van der Waals surface area contributed by atoms with Crippen LogP contribution in [0.3, 0.4) is 0 Å². The Morgan fingerprint density at radius 3 is 2.59 bits per heavy atom. The molecule has 0 aliphatic rings. The number of rotatable bonds is 5. The van der Waals surface area contributed by atoms with Crippen LogP contribution in [-0.2, 0) is 0 Å². The van der Waals surface area contributed by atoms with Gasteiger partial charge in [0.1, 0.15) is 5.82 Å². The van der Waals surface area contributed by atoms with E-state index in [0.29, 0.717) is 13.0 Å². The molecule has 0 fully saturated rings. The molecule has 0 saturated heterocycles. The van der Waals surface area contributed by atoms with Crippen molar-refractivity contribution in [1.29, 1.82) is 0 Å². The molecule has 1 N–H and O–H groups in total. The van der Waals surface area contributed by atoms with E-state index >= 15 is 0 Å². The lowest BCUT2D eigenvalue weighted by molar-refractivity contribution is -0.140. The standard InChI is InChI=1S/C11H14F4N2/c1-2-3-17-10(5-11(13,14)15)8-4-9(12)7-16-6-8/h4,6-7,10,17H,2-3,5H2,1H3. The SMILES string of the molecule is CCCNC(CC(F)(F)F)c1cncc(F)c1. The second kappa shape index (κ2) is 5.95. The molecule has 0 spiro atoms. The summed E-state index contributed by atoms with van der Waals surface area (Å²) in [5, 5.41) is 2.74. The highest BCUT2D eigenvalue weighted by molar-refractivity contribution is 5.15. The van der Waals surface area contributed by atoms with E-state index in [1.807, 2.05) is 6.92 Å². The smallest absolute Gasteiger partial charge is 0.310 e. The van der Waals surface area contributed by atoms with Gasteiger partial charge in [-0.15, -0.1) is 0 Å². The highest BCUT2D eigenvalue weighted by Crippen LogP contribution is 2.29. The monoisotopic (exact) mass is 250 g/mol. The minimum Gasteiger partial charge on any atom is -0.310 e. The van der Waals surface area contributed by atoms with Crippen molar-refractivity contribution < 1.29 is 17.6 Å². The molecule has 1 rings (SSSR count). The van der Waals surface area contributed by atoms with Crippen LogP contribution in [0.4, 0.5) is 17.6 Å². The van der Waals surface area contributed by atoms with Gasteiger partial charge in [0.25, 0.3) is 0 Å². The van der Waals surface area contributed by atoms with E-state index in [-0.39, 0.29) is 5.56 Å². The fraction of sp³-hybridized carbons (Fsp3) is 0.545. The van der Waals surface area contributed by atoms with Crippen molar-refractivity contribution >= 4 is 0 Å². The number of nitrogens with one attached hydrogen (secondary N) is 1. The number of pyridine rings is 1.